The van der Waals surface area contributed by atoms with E-state index in [1.807, 2.05) is 6.92 Å². The van der Waals surface area contributed by atoms with Crippen LogP contribution in [0.15, 0.2) is 6.20 Å². The van der Waals surface area contributed by atoms with Gasteiger partial charge in [-0.2, -0.15) is 13.2 Å². The van der Waals surface area contributed by atoms with Crippen LogP contribution in [0.3, 0.4) is 0 Å². The van der Waals surface area contributed by atoms with Gasteiger partial charge in [0.2, 0.25) is 0 Å². The number of aromatic nitrogens is 1. The minimum Gasteiger partial charge on any atom is -0.318 e. The molecule has 17 heavy (non-hydrogen) atoms. The molecule has 0 radical (unpaired) electrons. The van der Waals surface area contributed by atoms with Gasteiger partial charge in [0.05, 0.1) is 13.1 Å². The normalized spacial score (nSPS) is 12.4. The zero-order valence-corrected chi connectivity index (χ0v) is 10.7. The quantitative estimate of drug-likeness (QED) is 0.855. The van der Waals surface area contributed by atoms with Gasteiger partial charge in [-0.05, 0) is 14.0 Å². The first-order valence-electron chi connectivity index (χ1n) is 5.26. The van der Waals surface area contributed by atoms with Crippen molar-refractivity contribution in [2.45, 2.75) is 19.6 Å². The number of alkyl halides is 3. The van der Waals surface area contributed by atoms with Crippen molar-refractivity contribution in [2.24, 2.45) is 0 Å². The SMILES string of the molecule is CNCCN(Cc1ncc(C)s1)CC(F)(F)F. The number of likely N-dealkylation sites (N-methyl/N-ethyl adjacent to an activating group) is 1. The first-order chi connectivity index (χ1) is 7.90. The van der Waals surface area contributed by atoms with Gasteiger partial charge in [0.1, 0.15) is 5.01 Å². The lowest BCUT2D eigenvalue weighted by Gasteiger charge is -2.22. The third-order valence-corrected chi connectivity index (χ3v) is 3.01. The Morgan fingerprint density at radius 3 is 2.65 bits per heavy atom. The molecule has 0 atom stereocenters. The highest BCUT2D eigenvalue weighted by Gasteiger charge is 2.30. The first kappa shape index (κ1) is 14.4. The van der Waals surface area contributed by atoms with Crippen molar-refractivity contribution in [3.8, 4) is 0 Å². The summed E-state index contributed by atoms with van der Waals surface area (Å²) in [7, 11) is 1.72. The van der Waals surface area contributed by atoms with E-state index in [0.29, 0.717) is 13.1 Å². The van der Waals surface area contributed by atoms with Gasteiger partial charge < -0.3 is 5.32 Å². The van der Waals surface area contributed by atoms with E-state index in [4.69, 9.17) is 0 Å². The van der Waals surface area contributed by atoms with Crippen LogP contribution in [0.5, 0.6) is 0 Å². The number of rotatable bonds is 6. The Bertz CT molecular complexity index is 338. The molecule has 0 unspecified atom stereocenters. The van der Waals surface area contributed by atoms with Crippen molar-refractivity contribution < 1.29 is 13.2 Å². The molecule has 3 nitrogen and oxygen atoms in total. The number of nitrogens with zero attached hydrogens (tertiary/aromatic N) is 2. The Labute approximate surface area is 103 Å². The van der Waals surface area contributed by atoms with Gasteiger partial charge in [-0.3, -0.25) is 4.90 Å². The van der Waals surface area contributed by atoms with Crippen molar-refractivity contribution in [3.63, 3.8) is 0 Å². The molecule has 0 fully saturated rings. The molecule has 1 aromatic rings. The van der Waals surface area contributed by atoms with Gasteiger partial charge in [0.25, 0.3) is 0 Å². The third-order valence-electron chi connectivity index (χ3n) is 2.11. The molecule has 1 aromatic heterocycles. The maximum Gasteiger partial charge on any atom is 0.401 e. The molecule has 0 aliphatic heterocycles. The number of hydrogen-bond acceptors (Lipinski definition) is 4. The molecule has 0 aliphatic carbocycles. The van der Waals surface area contributed by atoms with E-state index in [-0.39, 0.29) is 6.54 Å². The van der Waals surface area contributed by atoms with E-state index in [0.717, 1.165) is 9.88 Å². The average Bonchev–Trinajstić information content (AvgIpc) is 2.58. The second-order valence-corrected chi connectivity index (χ2v) is 5.11. The molecular formula is C10H16F3N3S. The summed E-state index contributed by atoms with van der Waals surface area (Å²) in [5.74, 6) is 0. The van der Waals surface area contributed by atoms with Crippen LogP contribution in [0.2, 0.25) is 0 Å². The number of aryl methyl sites for hydroxylation is 1. The van der Waals surface area contributed by atoms with Crippen molar-refractivity contribution in [1.29, 1.82) is 0 Å². The van der Waals surface area contributed by atoms with Crippen molar-refractivity contribution >= 4 is 11.3 Å². The monoisotopic (exact) mass is 267 g/mol. The predicted octanol–water partition coefficient (Wildman–Crippen LogP) is 2.04. The maximum atomic E-state index is 12.4. The van der Waals surface area contributed by atoms with Gasteiger partial charge in [0.15, 0.2) is 0 Å². The van der Waals surface area contributed by atoms with Crippen LogP contribution in [0, 0.1) is 6.92 Å². The van der Waals surface area contributed by atoms with E-state index < -0.39 is 12.7 Å². The summed E-state index contributed by atoms with van der Waals surface area (Å²) < 4.78 is 37.1. The zero-order chi connectivity index (χ0) is 12.9. The third kappa shape index (κ3) is 5.99. The van der Waals surface area contributed by atoms with Crippen LogP contribution in [0.25, 0.3) is 0 Å². The number of nitrogens with one attached hydrogen (secondary N) is 1. The Kier molecular flexibility index (Phi) is 5.35. The van der Waals surface area contributed by atoms with Gasteiger partial charge in [-0.25, -0.2) is 4.98 Å². The molecular weight excluding hydrogens is 251 g/mol. The Balaban J connectivity index is 2.56. The van der Waals surface area contributed by atoms with E-state index in [1.165, 1.54) is 16.2 Å². The Morgan fingerprint density at radius 2 is 2.18 bits per heavy atom. The number of hydrogen-bond donors (Lipinski definition) is 1. The zero-order valence-electron chi connectivity index (χ0n) is 9.84. The lowest BCUT2D eigenvalue weighted by Crippen LogP contribution is -2.37. The van der Waals surface area contributed by atoms with Gasteiger partial charge in [-0.1, -0.05) is 0 Å². The number of halogens is 3. The second kappa shape index (κ2) is 6.32. The molecule has 1 rings (SSSR count). The summed E-state index contributed by atoms with van der Waals surface area (Å²) in [6.07, 6.45) is -2.48. The fourth-order valence-corrected chi connectivity index (χ4v) is 2.23. The smallest absolute Gasteiger partial charge is 0.318 e. The van der Waals surface area contributed by atoms with Crippen LogP contribution in [0.4, 0.5) is 13.2 Å². The van der Waals surface area contributed by atoms with Crippen LogP contribution >= 0.6 is 11.3 Å². The minimum atomic E-state index is -4.17. The summed E-state index contributed by atoms with van der Waals surface area (Å²) in [6, 6.07) is 0. The lowest BCUT2D eigenvalue weighted by atomic mass is 10.4. The average molecular weight is 267 g/mol. The summed E-state index contributed by atoms with van der Waals surface area (Å²) in [5.41, 5.74) is 0. The van der Waals surface area contributed by atoms with Crippen molar-refractivity contribution in [3.05, 3.63) is 16.1 Å². The molecule has 0 bridgehead atoms. The molecule has 98 valence electrons. The molecule has 0 spiro atoms. The highest BCUT2D eigenvalue weighted by molar-refractivity contribution is 7.11. The molecule has 1 N–H and O–H groups in total. The Morgan fingerprint density at radius 1 is 1.47 bits per heavy atom. The van der Waals surface area contributed by atoms with Crippen LogP contribution < -0.4 is 5.32 Å². The summed E-state index contributed by atoms with van der Waals surface area (Å²) in [5, 5.41) is 3.57. The van der Waals surface area contributed by atoms with Crippen LogP contribution in [0.1, 0.15) is 9.88 Å². The summed E-state index contributed by atoms with van der Waals surface area (Å²) >= 11 is 1.43. The van der Waals surface area contributed by atoms with Crippen molar-refractivity contribution in [2.75, 3.05) is 26.7 Å². The fraction of sp³-hybridized carbons (Fsp3) is 0.700. The summed E-state index contributed by atoms with van der Waals surface area (Å²) in [4.78, 5) is 6.45. The molecule has 0 saturated heterocycles. The lowest BCUT2D eigenvalue weighted by molar-refractivity contribution is -0.146. The van der Waals surface area contributed by atoms with Gasteiger partial charge >= 0.3 is 6.18 Å². The largest absolute Gasteiger partial charge is 0.401 e. The minimum absolute atomic E-state index is 0.250. The first-order valence-corrected chi connectivity index (χ1v) is 6.07. The second-order valence-electron chi connectivity index (χ2n) is 3.79. The molecule has 0 saturated carbocycles. The van der Waals surface area contributed by atoms with Crippen LogP contribution in [-0.4, -0.2) is 42.7 Å². The molecule has 0 aromatic carbocycles. The van der Waals surface area contributed by atoms with E-state index in [2.05, 4.69) is 10.3 Å². The maximum absolute atomic E-state index is 12.4. The molecule has 7 heteroatoms. The predicted molar refractivity (Wildman–Crippen MR) is 62.1 cm³/mol. The molecule has 1 heterocycles. The Hall–Kier alpha value is -0.660. The van der Waals surface area contributed by atoms with Gasteiger partial charge in [-0.15, -0.1) is 11.3 Å². The number of thiazole rings is 1. The van der Waals surface area contributed by atoms with Crippen LogP contribution in [-0.2, 0) is 6.54 Å². The van der Waals surface area contributed by atoms with E-state index in [1.54, 1.807) is 13.2 Å². The highest BCUT2D eigenvalue weighted by Crippen LogP contribution is 2.19. The van der Waals surface area contributed by atoms with E-state index >= 15 is 0 Å². The van der Waals surface area contributed by atoms with Crippen molar-refractivity contribution in [1.82, 2.24) is 15.2 Å². The molecule has 0 aliphatic rings. The highest BCUT2D eigenvalue weighted by atomic mass is 32.1. The molecule has 0 amide bonds. The fourth-order valence-electron chi connectivity index (χ4n) is 1.40. The van der Waals surface area contributed by atoms with Gasteiger partial charge in [0, 0.05) is 24.2 Å². The standard InChI is InChI=1S/C10H16F3N3S/c1-8-5-15-9(17-8)6-16(4-3-14-2)7-10(11,12)13/h5,14H,3-4,6-7H2,1-2H3. The van der Waals surface area contributed by atoms with E-state index in [9.17, 15) is 13.2 Å². The topological polar surface area (TPSA) is 28.2 Å². The summed E-state index contributed by atoms with van der Waals surface area (Å²) in [6.45, 7) is 2.13.